The first-order valence-corrected chi connectivity index (χ1v) is 9.35. The maximum absolute atomic E-state index is 13.5. The van der Waals surface area contributed by atoms with E-state index in [1.54, 1.807) is 31.2 Å². The number of aryl methyl sites for hydroxylation is 1. The Morgan fingerprint density at radius 1 is 1.11 bits per heavy atom. The van der Waals surface area contributed by atoms with Gasteiger partial charge in [0, 0.05) is 23.7 Å². The number of aromatic hydroxyl groups is 1. The number of fused-ring (bicyclic) bond motifs is 1. The van der Waals surface area contributed by atoms with Crippen molar-refractivity contribution in [1.29, 1.82) is 0 Å². The molecule has 144 valence electrons. The van der Waals surface area contributed by atoms with Gasteiger partial charge in [0.2, 0.25) is 0 Å². The molecule has 0 fully saturated rings. The van der Waals surface area contributed by atoms with Crippen LogP contribution in [-0.2, 0) is 13.1 Å². The van der Waals surface area contributed by atoms with Crippen molar-refractivity contribution in [3.8, 4) is 5.75 Å². The van der Waals surface area contributed by atoms with Crippen molar-refractivity contribution in [3.05, 3.63) is 87.9 Å². The minimum absolute atomic E-state index is 0.0350. The number of aromatic nitrogens is 2. The van der Waals surface area contributed by atoms with E-state index < -0.39 is 22.7 Å². The van der Waals surface area contributed by atoms with Crippen LogP contribution in [0.25, 0.3) is 10.9 Å². The molecule has 0 aliphatic heterocycles. The van der Waals surface area contributed by atoms with Gasteiger partial charge in [-0.15, -0.1) is 13.2 Å². The van der Waals surface area contributed by atoms with E-state index in [1.807, 2.05) is 0 Å². The second kappa shape index (κ2) is 7.90. The Bertz CT molecular complexity index is 1210. The van der Waals surface area contributed by atoms with E-state index in [9.17, 15) is 19.1 Å². The molecule has 28 heavy (non-hydrogen) atoms. The molecule has 0 unspecified atom stereocenters. The smallest absolute Gasteiger partial charge is 0.269 e. The summed E-state index contributed by atoms with van der Waals surface area (Å²) in [6, 6.07) is 7.37. The molecule has 0 saturated carbocycles. The molecule has 0 amide bonds. The van der Waals surface area contributed by atoms with Crippen molar-refractivity contribution in [2.45, 2.75) is 29.8 Å². The van der Waals surface area contributed by atoms with Crippen LogP contribution in [0.15, 0.2) is 75.0 Å². The van der Waals surface area contributed by atoms with E-state index in [2.05, 4.69) is 13.2 Å². The van der Waals surface area contributed by atoms with Gasteiger partial charge in [0.25, 0.3) is 11.1 Å². The van der Waals surface area contributed by atoms with Crippen LogP contribution < -0.4 is 11.1 Å². The van der Waals surface area contributed by atoms with Gasteiger partial charge in [0.05, 0.1) is 5.52 Å². The highest BCUT2D eigenvalue weighted by Crippen LogP contribution is 2.35. The fourth-order valence-corrected chi connectivity index (χ4v) is 3.99. The van der Waals surface area contributed by atoms with E-state index >= 15 is 0 Å². The third kappa shape index (κ3) is 3.41. The molecule has 7 heteroatoms. The summed E-state index contributed by atoms with van der Waals surface area (Å²) in [6.07, 6.45) is 3.12. The SMILES string of the molecule is C=CCn1c(C)cc2c(c(O)c(Sc3cccc(F)c3)c(=O)n2CC=C)c1=O. The van der Waals surface area contributed by atoms with Gasteiger partial charge in [0.1, 0.15) is 21.8 Å². The average Bonchev–Trinajstić information content (AvgIpc) is 2.65. The van der Waals surface area contributed by atoms with Crippen molar-refractivity contribution < 1.29 is 9.50 Å². The average molecular weight is 398 g/mol. The molecule has 3 aromatic rings. The van der Waals surface area contributed by atoms with E-state index in [0.717, 1.165) is 11.8 Å². The zero-order valence-electron chi connectivity index (χ0n) is 15.3. The standard InChI is InChI=1S/C21H19FN2O3S/c1-4-9-23-13(3)11-16-17(20(23)26)18(25)19(21(27)24(16)10-5-2)28-15-8-6-7-14(22)12-15/h4-8,11-12,25H,1-2,9-10H2,3H3. The summed E-state index contributed by atoms with van der Waals surface area (Å²) in [5, 5.41) is 10.9. The summed E-state index contributed by atoms with van der Waals surface area (Å²) in [4.78, 5) is 26.5. The van der Waals surface area contributed by atoms with E-state index in [1.165, 1.54) is 27.3 Å². The molecule has 0 radical (unpaired) electrons. The summed E-state index contributed by atoms with van der Waals surface area (Å²) in [7, 11) is 0. The van der Waals surface area contributed by atoms with Gasteiger partial charge in [0.15, 0.2) is 0 Å². The highest BCUT2D eigenvalue weighted by atomic mass is 32.2. The molecule has 0 bridgehead atoms. The van der Waals surface area contributed by atoms with Crippen molar-refractivity contribution in [3.63, 3.8) is 0 Å². The van der Waals surface area contributed by atoms with Gasteiger partial charge in [-0.05, 0) is 31.2 Å². The molecule has 0 aliphatic rings. The lowest BCUT2D eigenvalue weighted by molar-refractivity contribution is 0.463. The number of hydrogen-bond donors (Lipinski definition) is 1. The number of allylic oxidation sites excluding steroid dienone is 2. The molecule has 0 spiro atoms. The Balaban J connectivity index is 2.38. The number of pyridine rings is 2. The van der Waals surface area contributed by atoms with Gasteiger partial charge < -0.3 is 14.2 Å². The summed E-state index contributed by atoms with van der Waals surface area (Å²) in [5.41, 5.74) is 0.0686. The third-order valence-corrected chi connectivity index (χ3v) is 5.37. The van der Waals surface area contributed by atoms with Crippen molar-refractivity contribution in [2.24, 2.45) is 0 Å². The topological polar surface area (TPSA) is 64.2 Å². The first-order valence-electron chi connectivity index (χ1n) is 8.54. The molecule has 2 aromatic heterocycles. The highest BCUT2D eigenvalue weighted by molar-refractivity contribution is 7.99. The molecule has 0 saturated heterocycles. The fourth-order valence-electron chi connectivity index (χ4n) is 3.04. The van der Waals surface area contributed by atoms with Gasteiger partial charge in [-0.1, -0.05) is 30.0 Å². The van der Waals surface area contributed by atoms with Crippen molar-refractivity contribution in [1.82, 2.24) is 9.13 Å². The Morgan fingerprint density at radius 2 is 1.79 bits per heavy atom. The summed E-state index contributed by atoms with van der Waals surface area (Å²) in [5.74, 6) is -0.863. The summed E-state index contributed by atoms with van der Waals surface area (Å²) < 4.78 is 16.4. The van der Waals surface area contributed by atoms with Crippen LogP contribution >= 0.6 is 11.8 Å². The predicted octanol–water partition coefficient (Wildman–Crippen LogP) is 3.84. The van der Waals surface area contributed by atoms with E-state index in [0.29, 0.717) is 16.1 Å². The first-order chi connectivity index (χ1) is 13.4. The molecule has 5 nitrogen and oxygen atoms in total. The largest absolute Gasteiger partial charge is 0.506 e. The zero-order chi connectivity index (χ0) is 20.4. The lowest BCUT2D eigenvalue weighted by atomic mass is 10.2. The third-order valence-electron chi connectivity index (χ3n) is 4.31. The van der Waals surface area contributed by atoms with Gasteiger partial charge in [-0.25, -0.2) is 4.39 Å². The monoisotopic (exact) mass is 398 g/mol. The zero-order valence-corrected chi connectivity index (χ0v) is 16.1. The molecular formula is C21H19FN2O3S. The predicted molar refractivity (Wildman–Crippen MR) is 110 cm³/mol. The molecule has 3 rings (SSSR count). The highest BCUT2D eigenvalue weighted by Gasteiger charge is 2.21. The first kappa shape index (κ1) is 19.7. The number of benzene rings is 1. The van der Waals surface area contributed by atoms with Crippen LogP contribution in [0.4, 0.5) is 4.39 Å². The normalized spacial score (nSPS) is 10.9. The van der Waals surface area contributed by atoms with Crippen LogP contribution in [0.5, 0.6) is 5.75 Å². The van der Waals surface area contributed by atoms with Gasteiger partial charge >= 0.3 is 0 Å². The fraction of sp³-hybridized carbons (Fsp3) is 0.143. The molecule has 2 heterocycles. The molecular weight excluding hydrogens is 379 g/mol. The van der Waals surface area contributed by atoms with Crippen molar-refractivity contribution >= 4 is 22.7 Å². The molecule has 0 atom stereocenters. The quantitative estimate of drug-likeness (QED) is 0.641. The Labute approximate surface area is 165 Å². The van der Waals surface area contributed by atoms with E-state index in [-0.39, 0.29) is 23.4 Å². The number of halogens is 1. The Hall–Kier alpha value is -3.06. The van der Waals surface area contributed by atoms with Crippen LogP contribution in [0.1, 0.15) is 5.69 Å². The maximum atomic E-state index is 13.5. The second-order valence-corrected chi connectivity index (χ2v) is 7.28. The Kier molecular flexibility index (Phi) is 5.56. The van der Waals surface area contributed by atoms with Crippen LogP contribution in [0, 0.1) is 12.7 Å². The number of rotatable bonds is 6. The lowest BCUT2D eigenvalue weighted by Crippen LogP contribution is -2.28. The summed E-state index contributed by atoms with van der Waals surface area (Å²) in [6.45, 7) is 9.51. The van der Waals surface area contributed by atoms with Crippen LogP contribution in [0.3, 0.4) is 0 Å². The minimum Gasteiger partial charge on any atom is -0.506 e. The van der Waals surface area contributed by atoms with Gasteiger partial charge in [-0.3, -0.25) is 9.59 Å². The lowest BCUT2D eigenvalue weighted by Gasteiger charge is -2.16. The summed E-state index contributed by atoms with van der Waals surface area (Å²) >= 11 is 0.916. The second-order valence-electron chi connectivity index (χ2n) is 6.19. The van der Waals surface area contributed by atoms with Gasteiger partial charge in [-0.2, -0.15) is 0 Å². The molecule has 1 N–H and O–H groups in total. The van der Waals surface area contributed by atoms with Crippen LogP contribution in [-0.4, -0.2) is 14.2 Å². The number of nitrogens with zero attached hydrogens (tertiary/aromatic N) is 2. The molecule has 0 aliphatic carbocycles. The van der Waals surface area contributed by atoms with Crippen molar-refractivity contribution in [2.75, 3.05) is 0 Å². The number of hydrogen-bond acceptors (Lipinski definition) is 4. The van der Waals surface area contributed by atoms with Crippen LogP contribution in [0.2, 0.25) is 0 Å². The minimum atomic E-state index is -0.473. The molecule has 1 aromatic carbocycles. The Morgan fingerprint density at radius 3 is 2.43 bits per heavy atom. The maximum Gasteiger partial charge on any atom is 0.269 e. The van der Waals surface area contributed by atoms with E-state index in [4.69, 9.17) is 0 Å².